The summed E-state index contributed by atoms with van der Waals surface area (Å²) in [5.74, 6) is 0.176. The fourth-order valence-corrected chi connectivity index (χ4v) is 3.46. The van der Waals surface area contributed by atoms with Crippen LogP contribution in [-0.2, 0) is 6.54 Å². The van der Waals surface area contributed by atoms with Gasteiger partial charge in [0.2, 0.25) is 0 Å². The molecule has 8 heteroatoms. The molecule has 1 aliphatic carbocycles. The van der Waals surface area contributed by atoms with Gasteiger partial charge in [-0.2, -0.15) is 0 Å². The first kappa shape index (κ1) is 16.9. The normalized spacial score (nSPS) is 20.2. The maximum absolute atomic E-state index is 13.9. The first-order chi connectivity index (χ1) is 12.6. The lowest BCUT2D eigenvalue weighted by atomic mass is 10.0. The van der Waals surface area contributed by atoms with Gasteiger partial charge >= 0.3 is 6.03 Å². The van der Waals surface area contributed by atoms with Gasteiger partial charge in [-0.15, -0.1) is 10.2 Å². The highest BCUT2D eigenvalue weighted by molar-refractivity contribution is 5.89. The Balaban J connectivity index is 1.54. The lowest BCUT2D eigenvalue weighted by Crippen LogP contribution is -2.42. The monoisotopic (exact) mass is 361 g/mol. The van der Waals surface area contributed by atoms with Crippen LogP contribution in [-0.4, -0.2) is 32.2 Å². The van der Waals surface area contributed by atoms with Gasteiger partial charge in [0.1, 0.15) is 18.0 Å². The lowest BCUT2D eigenvalue weighted by molar-refractivity contribution is 0.156. The Morgan fingerprint density at radius 3 is 2.88 bits per heavy atom. The number of likely N-dealkylation sites (tertiary alicyclic amines) is 1. The van der Waals surface area contributed by atoms with E-state index in [0.29, 0.717) is 12.5 Å². The molecule has 1 aromatic heterocycles. The molecule has 4 rings (SSSR count). The molecular formula is C18H21F2N5O. The number of urea groups is 1. The molecule has 1 saturated carbocycles. The summed E-state index contributed by atoms with van der Waals surface area (Å²) in [5, 5.41) is 10.8. The van der Waals surface area contributed by atoms with E-state index in [1.54, 1.807) is 11.2 Å². The van der Waals surface area contributed by atoms with Crippen LogP contribution in [0.3, 0.4) is 0 Å². The van der Waals surface area contributed by atoms with E-state index in [1.165, 1.54) is 12.8 Å². The molecule has 138 valence electrons. The van der Waals surface area contributed by atoms with Gasteiger partial charge < -0.3 is 14.8 Å². The zero-order valence-corrected chi connectivity index (χ0v) is 14.4. The number of piperidine rings is 1. The van der Waals surface area contributed by atoms with Crippen molar-refractivity contribution in [2.45, 2.75) is 44.7 Å². The quantitative estimate of drug-likeness (QED) is 0.903. The minimum Gasteiger partial charge on any atom is -0.316 e. The zero-order chi connectivity index (χ0) is 18.1. The first-order valence-electron chi connectivity index (χ1n) is 9.02. The molecule has 2 aliphatic rings. The van der Waals surface area contributed by atoms with E-state index in [2.05, 4.69) is 15.5 Å². The summed E-state index contributed by atoms with van der Waals surface area (Å²) in [6.45, 7) is 1.41. The highest BCUT2D eigenvalue weighted by atomic mass is 19.1. The molecule has 1 aliphatic heterocycles. The van der Waals surface area contributed by atoms with Gasteiger partial charge in [-0.25, -0.2) is 13.6 Å². The molecule has 2 amide bonds. The number of nitrogens with one attached hydrogen (secondary N) is 1. The number of hydrogen-bond acceptors (Lipinski definition) is 3. The minimum atomic E-state index is -0.662. The molecule has 0 radical (unpaired) electrons. The van der Waals surface area contributed by atoms with Crippen molar-refractivity contribution in [3.8, 4) is 0 Å². The van der Waals surface area contributed by atoms with Gasteiger partial charge in [-0.1, -0.05) is 0 Å². The molecule has 1 atom stereocenters. The van der Waals surface area contributed by atoms with E-state index >= 15 is 0 Å². The number of rotatable bonds is 4. The van der Waals surface area contributed by atoms with Crippen molar-refractivity contribution < 1.29 is 13.6 Å². The Kier molecular flexibility index (Phi) is 4.57. The van der Waals surface area contributed by atoms with E-state index in [9.17, 15) is 13.6 Å². The summed E-state index contributed by atoms with van der Waals surface area (Å²) in [5.41, 5.74) is -0.154. The van der Waals surface area contributed by atoms with Crippen molar-refractivity contribution in [1.82, 2.24) is 19.7 Å². The van der Waals surface area contributed by atoms with Crippen LogP contribution in [0, 0.1) is 17.6 Å². The van der Waals surface area contributed by atoms with Crippen LogP contribution in [0.4, 0.5) is 19.3 Å². The van der Waals surface area contributed by atoms with Crippen LogP contribution in [0.1, 0.15) is 44.0 Å². The third-order valence-corrected chi connectivity index (χ3v) is 5.03. The summed E-state index contributed by atoms with van der Waals surface area (Å²) in [6, 6.07) is 2.36. The molecule has 2 heterocycles. The number of anilines is 1. The van der Waals surface area contributed by atoms with Crippen molar-refractivity contribution in [2.75, 3.05) is 11.9 Å². The van der Waals surface area contributed by atoms with Crippen LogP contribution in [0.2, 0.25) is 0 Å². The number of hydrogen-bond donors (Lipinski definition) is 1. The predicted molar refractivity (Wildman–Crippen MR) is 91.4 cm³/mol. The Morgan fingerprint density at radius 2 is 2.08 bits per heavy atom. The smallest absolute Gasteiger partial charge is 0.316 e. The second-order valence-electron chi connectivity index (χ2n) is 7.04. The van der Waals surface area contributed by atoms with E-state index < -0.39 is 17.7 Å². The van der Waals surface area contributed by atoms with Crippen LogP contribution < -0.4 is 5.32 Å². The van der Waals surface area contributed by atoms with Gasteiger partial charge in [0.25, 0.3) is 0 Å². The largest absolute Gasteiger partial charge is 0.322 e. The fourth-order valence-electron chi connectivity index (χ4n) is 3.46. The molecule has 1 N–H and O–H groups in total. The average molecular weight is 361 g/mol. The van der Waals surface area contributed by atoms with Gasteiger partial charge in [0, 0.05) is 19.2 Å². The SMILES string of the molecule is O=C(Nc1cc(F)ccc1F)N1CCCCC1c1nncn1CC1CC1. The third kappa shape index (κ3) is 3.54. The van der Waals surface area contributed by atoms with E-state index in [0.717, 1.165) is 49.8 Å². The maximum atomic E-state index is 13.9. The summed E-state index contributed by atoms with van der Waals surface area (Å²) in [7, 11) is 0. The van der Waals surface area contributed by atoms with Crippen molar-refractivity contribution in [1.29, 1.82) is 0 Å². The van der Waals surface area contributed by atoms with Gasteiger partial charge in [0.05, 0.1) is 11.7 Å². The topological polar surface area (TPSA) is 63.1 Å². The molecule has 0 spiro atoms. The maximum Gasteiger partial charge on any atom is 0.322 e. The molecule has 26 heavy (non-hydrogen) atoms. The van der Waals surface area contributed by atoms with E-state index in [1.807, 2.05) is 4.57 Å². The second kappa shape index (κ2) is 7.01. The van der Waals surface area contributed by atoms with Crippen LogP contribution in [0.25, 0.3) is 0 Å². The number of benzene rings is 1. The Labute approximate surface area is 150 Å². The van der Waals surface area contributed by atoms with E-state index in [-0.39, 0.29) is 11.7 Å². The standard InChI is InChI=1S/C18H21F2N5O/c19-13-6-7-14(20)15(9-13)22-18(26)25-8-2-1-3-16(25)17-23-21-11-24(17)10-12-4-5-12/h6-7,9,11-12,16H,1-5,8,10H2,(H,22,26). The number of aromatic nitrogens is 3. The zero-order valence-electron chi connectivity index (χ0n) is 14.4. The van der Waals surface area contributed by atoms with Crippen molar-refractivity contribution >= 4 is 11.7 Å². The predicted octanol–water partition coefficient (Wildman–Crippen LogP) is 3.73. The summed E-state index contributed by atoms with van der Waals surface area (Å²) < 4.78 is 29.2. The number of carbonyl (C=O) groups is 1. The Hall–Kier alpha value is -2.51. The molecule has 1 aromatic carbocycles. The molecule has 6 nitrogen and oxygen atoms in total. The second-order valence-corrected chi connectivity index (χ2v) is 7.04. The summed E-state index contributed by atoms with van der Waals surface area (Å²) >= 11 is 0. The summed E-state index contributed by atoms with van der Waals surface area (Å²) in [4.78, 5) is 14.4. The molecular weight excluding hydrogens is 340 g/mol. The molecule has 0 bridgehead atoms. The Morgan fingerprint density at radius 1 is 1.23 bits per heavy atom. The fraction of sp³-hybridized carbons (Fsp3) is 0.500. The van der Waals surface area contributed by atoms with E-state index in [4.69, 9.17) is 0 Å². The first-order valence-corrected chi connectivity index (χ1v) is 9.02. The van der Waals surface area contributed by atoms with Crippen LogP contribution in [0.15, 0.2) is 24.5 Å². The third-order valence-electron chi connectivity index (χ3n) is 5.03. The van der Waals surface area contributed by atoms with Crippen molar-refractivity contribution in [3.05, 3.63) is 42.0 Å². The molecule has 2 aromatic rings. The Bertz CT molecular complexity index is 805. The van der Waals surface area contributed by atoms with Crippen LogP contribution >= 0.6 is 0 Å². The molecule has 1 unspecified atom stereocenters. The number of carbonyl (C=O) groups excluding carboxylic acids is 1. The number of amides is 2. The lowest BCUT2D eigenvalue weighted by Gasteiger charge is -2.35. The van der Waals surface area contributed by atoms with Gasteiger partial charge in [-0.05, 0) is 50.2 Å². The molecule has 1 saturated heterocycles. The van der Waals surface area contributed by atoms with Crippen molar-refractivity contribution in [2.24, 2.45) is 5.92 Å². The van der Waals surface area contributed by atoms with Crippen LogP contribution in [0.5, 0.6) is 0 Å². The molecule has 2 fully saturated rings. The number of nitrogens with zero attached hydrogens (tertiary/aromatic N) is 4. The highest BCUT2D eigenvalue weighted by Crippen LogP contribution is 2.34. The average Bonchev–Trinajstić information content (AvgIpc) is 3.33. The number of halogens is 2. The van der Waals surface area contributed by atoms with Gasteiger partial charge in [-0.3, -0.25) is 0 Å². The minimum absolute atomic E-state index is 0.154. The van der Waals surface area contributed by atoms with Gasteiger partial charge in [0.15, 0.2) is 5.82 Å². The van der Waals surface area contributed by atoms with Crippen molar-refractivity contribution in [3.63, 3.8) is 0 Å². The summed E-state index contributed by atoms with van der Waals surface area (Å²) in [6.07, 6.45) is 6.77. The highest BCUT2D eigenvalue weighted by Gasteiger charge is 2.33.